The van der Waals surface area contributed by atoms with Gasteiger partial charge in [-0.25, -0.2) is 9.98 Å². The van der Waals surface area contributed by atoms with Crippen LogP contribution in [0, 0.1) is 32.8 Å². The number of hydrogen-bond acceptors (Lipinski definition) is 8. The number of hydrogen-bond donors (Lipinski definition) is 0. The molecular formula is C26H26N4O4S. The maximum Gasteiger partial charge on any atom is 0.331 e. The van der Waals surface area contributed by atoms with Crippen molar-refractivity contribution in [1.82, 2.24) is 4.98 Å². The van der Waals surface area contributed by atoms with Crippen molar-refractivity contribution in [2.45, 2.75) is 40.0 Å². The van der Waals surface area contributed by atoms with E-state index in [1.165, 1.54) is 30.3 Å². The Morgan fingerprint density at radius 3 is 2.80 bits per heavy atom. The first kappa shape index (κ1) is 24.4. The van der Waals surface area contributed by atoms with Crippen molar-refractivity contribution >= 4 is 28.2 Å². The zero-order valence-electron chi connectivity index (χ0n) is 20.1. The zero-order chi connectivity index (χ0) is 25.2. The fourth-order valence-electron chi connectivity index (χ4n) is 4.20. The largest absolute Gasteiger partial charge is 0.493 e. The van der Waals surface area contributed by atoms with Crippen LogP contribution in [0.1, 0.15) is 48.8 Å². The molecule has 0 radical (unpaired) electrons. The van der Waals surface area contributed by atoms with Crippen LogP contribution < -0.4 is 9.47 Å². The van der Waals surface area contributed by atoms with E-state index in [2.05, 4.69) is 36.8 Å². The topological polar surface area (TPSA) is 111 Å². The van der Waals surface area contributed by atoms with Crippen molar-refractivity contribution in [3.8, 4) is 23.4 Å². The SMILES string of the molecule is COc1cc(C=Nc2sc3c(c2C#N)CC[C@@H](C(C)(C)C)C3)ccc1Oc1ncccc1[N+](=O)[O-]. The van der Waals surface area contributed by atoms with E-state index in [1.54, 1.807) is 35.8 Å². The summed E-state index contributed by atoms with van der Waals surface area (Å²) in [6.45, 7) is 6.81. The Morgan fingerprint density at radius 1 is 1.31 bits per heavy atom. The number of rotatable bonds is 6. The molecule has 1 atom stereocenters. The summed E-state index contributed by atoms with van der Waals surface area (Å²) in [5.74, 6) is 1.15. The van der Waals surface area contributed by atoms with Gasteiger partial charge in [0.25, 0.3) is 5.88 Å². The van der Waals surface area contributed by atoms with E-state index in [1.807, 2.05) is 0 Å². The molecule has 0 saturated heterocycles. The fourth-order valence-corrected chi connectivity index (χ4v) is 5.42. The number of fused-ring (bicyclic) bond motifs is 1. The predicted octanol–water partition coefficient (Wildman–Crippen LogP) is 6.63. The van der Waals surface area contributed by atoms with Gasteiger partial charge in [0.2, 0.25) is 0 Å². The highest BCUT2D eigenvalue weighted by molar-refractivity contribution is 7.16. The third kappa shape index (κ3) is 5.17. The Hall–Kier alpha value is -3.77. The molecular weight excluding hydrogens is 464 g/mol. The molecule has 0 N–H and O–H groups in total. The smallest absolute Gasteiger partial charge is 0.331 e. The molecule has 0 saturated carbocycles. The number of benzene rings is 1. The fraction of sp³-hybridized carbons (Fsp3) is 0.346. The summed E-state index contributed by atoms with van der Waals surface area (Å²) in [6.07, 6.45) is 6.08. The Balaban J connectivity index is 1.59. The van der Waals surface area contributed by atoms with Crippen LogP contribution in [-0.4, -0.2) is 23.2 Å². The van der Waals surface area contributed by atoms with E-state index < -0.39 is 4.92 Å². The lowest BCUT2D eigenvalue weighted by Crippen LogP contribution is -2.26. The van der Waals surface area contributed by atoms with Crippen molar-refractivity contribution in [3.63, 3.8) is 0 Å². The first-order valence-corrected chi connectivity index (χ1v) is 12.1. The number of methoxy groups -OCH3 is 1. The van der Waals surface area contributed by atoms with Crippen LogP contribution in [0.3, 0.4) is 0 Å². The third-order valence-electron chi connectivity index (χ3n) is 6.26. The molecule has 9 heteroatoms. The molecule has 0 bridgehead atoms. The van der Waals surface area contributed by atoms with Gasteiger partial charge >= 0.3 is 5.69 Å². The van der Waals surface area contributed by atoms with Gasteiger partial charge in [0.1, 0.15) is 11.1 Å². The lowest BCUT2D eigenvalue weighted by molar-refractivity contribution is -0.386. The molecule has 0 spiro atoms. The highest BCUT2D eigenvalue weighted by Crippen LogP contribution is 2.45. The van der Waals surface area contributed by atoms with Crippen LogP contribution in [-0.2, 0) is 12.8 Å². The number of nitro groups is 1. The monoisotopic (exact) mass is 490 g/mol. The second kappa shape index (κ2) is 9.84. The molecule has 2 heterocycles. The average molecular weight is 491 g/mol. The van der Waals surface area contributed by atoms with Gasteiger partial charge in [-0.05, 0) is 66.0 Å². The molecule has 0 unspecified atom stereocenters. The van der Waals surface area contributed by atoms with E-state index in [4.69, 9.17) is 9.47 Å². The molecule has 0 amide bonds. The van der Waals surface area contributed by atoms with E-state index in [0.29, 0.717) is 23.0 Å². The summed E-state index contributed by atoms with van der Waals surface area (Å²) in [4.78, 5) is 20.6. The number of thiophene rings is 1. The number of aliphatic imine (C=N–C) groups is 1. The molecule has 8 nitrogen and oxygen atoms in total. The molecule has 180 valence electrons. The number of pyridine rings is 1. The van der Waals surface area contributed by atoms with Crippen LogP contribution >= 0.6 is 11.3 Å². The molecule has 1 aromatic carbocycles. The molecule has 2 aromatic heterocycles. The minimum atomic E-state index is -0.549. The van der Waals surface area contributed by atoms with Crippen LogP contribution in [0.4, 0.5) is 10.7 Å². The Kier molecular flexibility index (Phi) is 6.85. The Labute approximate surface area is 208 Å². The maximum atomic E-state index is 11.2. The molecule has 1 aliphatic rings. The van der Waals surface area contributed by atoms with Gasteiger partial charge in [-0.2, -0.15) is 5.26 Å². The van der Waals surface area contributed by atoms with Gasteiger partial charge < -0.3 is 9.47 Å². The van der Waals surface area contributed by atoms with Gasteiger partial charge in [-0.15, -0.1) is 11.3 Å². The minimum absolute atomic E-state index is 0.117. The number of ether oxygens (including phenoxy) is 2. The third-order valence-corrected chi connectivity index (χ3v) is 7.42. The lowest BCUT2D eigenvalue weighted by Gasteiger charge is -2.33. The molecule has 0 fully saturated rings. The first-order valence-electron chi connectivity index (χ1n) is 11.2. The summed E-state index contributed by atoms with van der Waals surface area (Å²) >= 11 is 1.60. The lowest BCUT2D eigenvalue weighted by atomic mass is 9.72. The molecule has 4 rings (SSSR count). The van der Waals surface area contributed by atoms with Gasteiger partial charge in [0.05, 0.1) is 17.6 Å². The normalized spacial score (nSPS) is 15.5. The van der Waals surface area contributed by atoms with Crippen molar-refractivity contribution in [3.05, 3.63) is 68.2 Å². The molecule has 0 aliphatic heterocycles. The quantitative estimate of drug-likeness (QED) is 0.218. The van der Waals surface area contributed by atoms with E-state index in [9.17, 15) is 15.4 Å². The summed E-state index contributed by atoms with van der Waals surface area (Å²) in [6, 6.07) is 10.3. The summed E-state index contributed by atoms with van der Waals surface area (Å²) in [5.41, 5.74) is 2.55. The van der Waals surface area contributed by atoms with Crippen LogP contribution in [0.25, 0.3) is 0 Å². The van der Waals surface area contributed by atoms with Crippen LogP contribution in [0.5, 0.6) is 17.4 Å². The highest BCUT2D eigenvalue weighted by Gasteiger charge is 2.32. The van der Waals surface area contributed by atoms with Crippen LogP contribution in [0.2, 0.25) is 0 Å². The standard InChI is InChI=1S/C26H26N4O4S/c1-26(2,3)17-8-9-18-19(14-27)25(35-23(18)13-17)29-15-16-7-10-21(22(12-16)33-4)34-24-20(30(31)32)6-5-11-28-24/h5-7,10-12,15,17H,8-9,13H2,1-4H3/t17-/m1/s1. The number of nitriles is 1. The van der Waals surface area contributed by atoms with E-state index in [0.717, 1.165) is 35.4 Å². The summed E-state index contributed by atoms with van der Waals surface area (Å²) in [7, 11) is 1.49. The van der Waals surface area contributed by atoms with Crippen molar-refractivity contribution < 1.29 is 14.4 Å². The molecule has 1 aliphatic carbocycles. The summed E-state index contributed by atoms with van der Waals surface area (Å²) < 4.78 is 11.1. The van der Waals surface area contributed by atoms with Gasteiger partial charge in [0.15, 0.2) is 11.5 Å². The molecule has 3 aromatic rings. The van der Waals surface area contributed by atoms with Crippen molar-refractivity contribution in [1.29, 1.82) is 5.26 Å². The maximum absolute atomic E-state index is 11.2. The zero-order valence-corrected chi connectivity index (χ0v) is 20.9. The summed E-state index contributed by atoms with van der Waals surface area (Å²) in [5, 5.41) is 21.8. The minimum Gasteiger partial charge on any atom is -0.493 e. The van der Waals surface area contributed by atoms with Gasteiger partial charge in [0, 0.05) is 23.4 Å². The molecule has 35 heavy (non-hydrogen) atoms. The Bertz CT molecular complexity index is 1330. The first-order chi connectivity index (χ1) is 16.7. The Morgan fingerprint density at radius 2 is 2.11 bits per heavy atom. The van der Waals surface area contributed by atoms with E-state index in [-0.39, 0.29) is 17.0 Å². The predicted molar refractivity (Wildman–Crippen MR) is 135 cm³/mol. The number of aromatic nitrogens is 1. The second-order valence-electron chi connectivity index (χ2n) is 9.46. The van der Waals surface area contributed by atoms with Crippen molar-refractivity contribution in [2.75, 3.05) is 7.11 Å². The average Bonchev–Trinajstić information content (AvgIpc) is 3.19. The second-order valence-corrected chi connectivity index (χ2v) is 10.5. The highest BCUT2D eigenvalue weighted by atomic mass is 32.1. The van der Waals surface area contributed by atoms with E-state index >= 15 is 0 Å². The number of nitrogens with zero attached hydrogens (tertiary/aromatic N) is 4. The van der Waals surface area contributed by atoms with Crippen molar-refractivity contribution in [2.24, 2.45) is 16.3 Å². The van der Waals surface area contributed by atoms with Gasteiger partial charge in [-0.1, -0.05) is 20.8 Å². The van der Waals surface area contributed by atoms with Gasteiger partial charge in [-0.3, -0.25) is 10.1 Å². The van der Waals surface area contributed by atoms with Crippen LogP contribution in [0.15, 0.2) is 41.5 Å².